The lowest BCUT2D eigenvalue weighted by molar-refractivity contribution is 0.190. The highest BCUT2D eigenvalue weighted by Crippen LogP contribution is 2.42. The Morgan fingerprint density at radius 3 is 0.690 bits per heavy atom. The molecule has 29 heavy (non-hydrogen) atoms. The zero-order valence-electron chi connectivity index (χ0n) is 19.7. The third-order valence-electron chi connectivity index (χ3n) is 5.74. The molecule has 0 unspecified atom stereocenters. The molecular weight excluding hydrogens is 445 g/mol. The highest BCUT2D eigenvalue weighted by molar-refractivity contribution is 6.45. The van der Waals surface area contributed by atoms with E-state index in [0.717, 1.165) is 49.9 Å². The third-order valence-corrected chi connectivity index (χ3v) is 13.0. The predicted molar refractivity (Wildman–Crippen MR) is 125 cm³/mol. The Bertz CT molecular complexity index is 298. The Morgan fingerprint density at radius 1 is 0.379 bits per heavy atom. The Balaban J connectivity index is 5.46. The van der Waals surface area contributed by atoms with E-state index in [9.17, 15) is 0 Å². The molecule has 0 bridgehead atoms. The SMILES string of the molecule is CO[SiH](CCC(CC[SiH](OC)OC)(CC[SiH](OC)OC)CC[SiH](OC)OC)OC. The minimum absolute atomic E-state index is 0.120. The van der Waals surface area contributed by atoms with Gasteiger partial charge >= 0.3 is 37.1 Å². The second kappa shape index (κ2) is 18.2. The molecule has 8 nitrogen and oxygen atoms in total. The first-order valence-corrected chi connectivity index (χ1v) is 17.2. The van der Waals surface area contributed by atoms with Crippen molar-refractivity contribution in [1.82, 2.24) is 0 Å². The molecule has 0 heterocycles. The lowest BCUT2D eigenvalue weighted by atomic mass is 9.77. The summed E-state index contributed by atoms with van der Waals surface area (Å²) in [6.07, 6.45) is 4.18. The van der Waals surface area contributed by atoms with Crippen molar-refractivity contribution >= 4 is 37.1 Å². The molecule has 12 heteroatoms. The van der Waals surface area contributed by atoms with E-state index in [2.05, 4.69) is 0 Å². The van der Waals surface area contributed by atoms with Gasteiger partial charge in [0.05, 0.1) is 0 Å². The smallest absolute Gasteiger partial charge is 0.320 e. The highest BCUT2D eigenvalue weighted by atomic mass is 28.3. The molecule has 0 amide bonds. The number of hydrogen-bond acceptors (Lipinski definition) is 8. The molecule has 0 aromatic rings. The van der Waals surface area contributed by atoms with Gasteiger partial charge in [-0.25, -0.2) is 0 Å². The molecule has 0 radical (unpaired) electrons. The van der Waals surface area contributed by atoms with Crippen molar-refractivity contribution in [3.8, 4) is 0 Å². The molecule has 176 valence electrons. The van der Waals surface area contributed by atoms with Gasteiger partial charge in [0.25, 0.3) is 0 Å². The highest BCUT2D eigenvalue weighted by Gasteiger charge is 2.35. The quantitative estimate of drug-likeness (QED) is 0.239. The van der Waals surface area contributed by atoms with E-state index in [1.165, 1.54) is 0 Å². The number of rotatable bonds is 20. The van der Waals surface area contributed by atoms with Crippen LogP contribution in [-0.4, -0.2) is 94.0 Å². The third kappa shape index (κ3) is 12.2. The maximum Gasteiger partial charge on any atom is 0.320 e. The van der Waals surface area contributed by atoms with Crippen LogP contribution >= 0.6 is 0 Å². The van der Waals surface area contributed by atoms with Crippen molar-refractivity contribution in [3.05, 3.63) is 0 Å². The molecule has 0 atom stereocenters. The van der Waals surface area contributed by atoms with Gasteiger partial charge in [-0.3, -0.25) is 0 Å². The molecule has 0 fully saturated rings. The lowest BCUT2D eigenvalue weighted by Crippen LogP contribution is -2.33. The summed E-state index contributed by atoms with van der Waals surface area (Å²) in [7, 11) is 7.44. The van der Waals surface area contributed by atoms with Crippen LogP contribution in [0.15, 0.2) is 0 Å². The first-order valence-electron chi connectivity index (χ1n) is 10.2. The predicted octanol–water partition coefficient (Wildman–Crippen LogP) is 1.59. The van der Waals surface area contributed by atoms with E-state index in [1.54, 1.807) is 56.9 Å². The summed E-state index contributed by atoms with van der Waals surface area (Å²) in [5.41, 5.74) is 0.120. The fourth-order valence-corrected chi connectivity index (χ4v) is 9.82. The van der Waals surface area contributed by atoms with Crippen molar-refractivity contribution < 1.29 is 35.4 Å². The topological polar surface area (TPSA) is 73.8 Å². The average molecular weight is 489 g/mol. The first-order chi connectivity index (χ1) is 14.0. The van der Waals surface area contributed by atoms with Gasteiger partial charge < -0.3 is 35.4 Å². The monoisotopic (exact) mass is 488 g/mol. The lowest BCUT2D eigenvalue weighted by Gasteiger charge is -2.37. The second-order valence-electron chi connectivity index (χ2n) is 7.26. The van der Waals surface area contributed by atoms with Crippen LogP contribution in [0.25, 0.3) is 0 Å². The summed E-state index contributed by atoms with van der Waals surface area (Å²) in [6, 6.07) is 3.88. The van der Waals surface area contributed by atoms with Gasteiger partial charge in [-0.2, -0.15) is 0 Å². The summed E-state index contributed by atoms with van der Waals surface area (Å²) in [5.74, 6) is 0. The molecule has 0 saturated carbocycles. The maximum atomic E-state index is 5.59. The average Bonchev–Trinajstić information content (AvgIpc) is 2.76. The van der Waals surface area contributed by atoms with Gasteiger partial charge in [0.1, 0.15) is 0 Å². The van der Waals surface area contributed by atoms with Gasteiger partial charge in [0.15, 0.2) is 0 Å². The molecule has 0 aromatic carbocycles. The summed E-state index contributed by atoms with van der Waals surface area (Å²) < 4.78 is 44.7. The minimum Gasteiger partial charge on any atom is -0.400 e. The molecule has 0 saturated heterocycles. The van der Waals surface area contributed by atoms with Gasteiger partial charge in [-0.15, -0.1) is 0 Å². The van der Waals surface area contributed by atoms with Crippen molar-refractivity contribution in [1.29, 1.82) is 0 Å². The van der Waals surface area contributed by atoms with Gasteiger partial charge in [0, 0.05) is 56.9 Å². The van der Waals surface area contributed by atoms with Crippen LogP contribution in [0.5, 0.6) is 0 Å². The summed E-state index contributed by atoms with van der Waals surface area (Å²) in [6.45, 7) is 0. The van der Waals surface area contributed by atoms with Crippen LogP contribution in [-0.2, 0) is 35.4 Å². The van der Waals surface area contributed by atoms with Crippen LogP contribution in [0.1, 0.15) is 25.7 Å². The van der Waals surface area contributed by atoms with Crippen LogP contribution in [0.2, 0.25) is 24.2 Å². The molecule has 0 rings (SSSR count). The van der Waals surface area contributed by atoms with E-state index in [1.807, 2.05) is 0 Å². The molecule has 0 aliphatic rings. The number of hydrogen-bond donors (Lipinski definition) is 0. The van der Waals surface area contributed by atoms with E-state index in [-0.39, 0.29) is 5.41 Å². The van der Waals surface area contributed by atoms with E-state index >= 15 is 0 Å². The zero-order valence-corrected chi connectivity index (χ0v) is 24.4. The summed E-state index contributed by atoms with van der Waals surface area (Å²) in [4.78, 5) is 0. The van der Waals surface area contributed by atoms with E-state index in [0.29, 0.717) is 0 Å². The van der Waals surface area contributed by atoms with Gasteiger partial charge in [-0.05, 0) is 55.3 Å². The molecule has 0 aliphatic heterocycles. The normalized spacial score (nSPS) is 12.8. The van der Waals surface area contributed by atoms with Crippen LogP contribution in [0.3, 0.4) is 0 Å². The Labute approximate surface area is 184 Å². The minimum atomic E-state index is -1.64. The standard InChI is InChI=1S/C17H44O8Si4/c1-18-26(19-2)13-9-17(10-14-27(20-3)21-4,11-15-28(22-5)23-6)12-16-29(24-7)25-8/h26-29H,9-16H2,1-8H3. The van der Waals surface area contributed by atoms with Crippen molar-refractivity contribution in [2.24, 2.45) is 5.41 Å². The Morgan fingerprint density at radius 2 is 0.552 bits per heavy atom. The van der Waals surface area contributed by atoms with Crippen molar-refractivity contribution in [2.75, 3.05) is 56.9 Å². The maximum absolute atomic E-state index is 5.59. The zero-order chi connectivity index (χ0) is 22.1. The summed E-state index contributed by atoms with van der Waals surface area (Å²) >= 11 is 0. The van der Waals surface area contributed by atoms with Crippen LogP contribution < -0.4 is 0 Å². The largest absolute Gasteiger partial charge is 0.400 e. The first kappa shape index (κ1) is 29.5. The fourth-order valence-electron chi connectivity index (χ4n) is 3.77. The molecule has 0 aromatic heterocycles. The Hall–Kier alpha value is 0.548. The fraction of sp³-hybridized carbons (Fsp3) is 1.00. The van der Waals surface area contributed by atoms with Crippen LogP contribution in [0.4, 0.5) is 0 Å². The van der Waals surface area contributed by atoms with Crippen molar-refractivity contribution in [2.45, 2.75) is 49.9 Å². The van der Waals surface area contributed by atoms with E-state index < -0.39 is 37.1 Å². The van der Waals surface area contributed by atoms with Crippen molar-refractivity contribution in [3.63, 3.8) is 0 Å². The Kier molecular flexibility index (Phi) is 18.5. The molecule has 0 aliphatic carbocycles. The summed E-state index contributed by atoms with van der Waals surface area (Å²) in [5, 5.41) is 0. The molecule has 0 spiro atoms. The molecule has 0 N–H and O–H groups in total. The van der Waals surface area contributed by atoms with Gasteiger partial charge in [0.2, 0.25) is 0 Å². The molecular formula is C17H44O8Si4. The van der Waals surface area contributed by atoms with E-state index in [4.69, 9.17) is 35.4 Å². The second-order valence-corrected chi connectivity index (χ2v) is 16.8. The van der Waals surface area contributed by atoms with Gasteiger partial charge in [-0.1, -0.05) is 0 Å². The van der Waals surface area contributed by atoms with Crippen LogP contribution in [0, 0.1) is 5.41 Å².